The molecule has 194 valence electrons. The summed E-state index contributed by atoms with van der Waals surface area (Å²) in [4.78, 5) is 26.2. The number of aromatic nitrogens is 2. The van der Waals surface area contributed by atoms with Crippen LogP contribution in [0.5, 0.6) is 0 Å². The third kappa shape index (κ3) is 5.61. The van der Waals surface area contributed by atoms with E-state index in [0.29, 0.717) is 13.2 Å². The molecule has 2 fully saturated rings. The number of hydrogen-bond acceptors (Lipinski definition) is 8. The van der Waals surface area contributed by atoms with Crippen molar-refractivity contribution in [2.75, 3.05) is 52.5 Å². The first-order valence-electron chi connectivity index (χ1n) is 13.1. The van der Waals surface area contributed by atoms with Crippen molar-refractivity contribution in [1.82, 2.24) is 19.8 Å². The zero-order valence-electron chi connectivity index (χ0n) is 21.0. The average Bonchev–Trinajstić information content (AvgIpc) is 3.67. The largest absolute Gasteiger partial charge is 0.394 e. The Labute approximate surface area is 223 Å². The van der Waals surface area contributed by atoms with Crippen LogP contribution < -0.4 is 0 Å². The quantitative estimate of drug-likeness (QED) is 0.186. The molecule has 37 heavy (non-hydrogen) atoms. The summed E-state index contributed by atoms with van der Waals surface area (Å²) in [5, 5.41) is 8.76. The monoisotopic (exact) mass is 520 g/mol. The number of fused-ring (bicyclic) bond motifs is 4. The zero-order chi connectivity index (χ0) is 24.2. The van der Waals surface area contributed by atoms with Crippen molar-refractivity contribution in [1.29, 1.82) is 0 Å². The van der Waals surface area contributed by atoms with Crippen LogP contribution in [0.15, 0.2) is 52.8 Å². The molecule has 3 aliphatic rings. The Morgan fingerprint density at radius 3 is 2.16 bits per heavy atom. The summed E-state index contributed by atoms with van der Waals surface area (Å²) < 4.78 is 0. The van der Waals surface area contributed by atoms with Gasteiger partial charge in [-0.05, 0) is 57.9 Å². The van der Waals surface area contributed by atoms with Gasteiger partial charge in [0, 0.05) is 29.8 Å². The number of oxime groups is 2. The lowest BCUT2D eigenvalue weighted by molar-refractivity contribution is 0.119. The first-order chi connectivity index (χ1) is 17.9. The van der Waals surface area contributed by atoms with Crippen molar-refractivity contribution in [2.45, 2.75) is 25.7 Å². The maximum absolute atomic E-state index is 5.78. The van der Waals surface area contributed by atoms with Gasteiger partial charge in [-0.3, -0.25) is 9.80 Å². The van der Waals surface area contributed by atoms with Gasteiger partial charge in [0.25, 0.3) is 0 Å². The lowest BCUT2D eigenvalue weighted by Crippen LogP contribution is -2.23. The Morgan fingerprint density at radius 2 is 1.43 bits per heavy atom. The van der Waals surface area contributed by atoms with Gasteiger partial charge in [-0.15, -0.1) is 12.4 Å². The van der Waals surface area contributed by atoms with E-state index in [0.717, 1.165) is 84.1 Å². The minimum absolute atomic E-state index is 0. The number of benzene rings is 2. The molecule has 3 heterocycles. The number of hydrogen-bond donors (Lipinski definition) is 0. The van der Waals surface area contributed by atoms with Crippen molar-refractivity contribution in [3.05, 3.63) is 59.3 Å². The minimum atomic E-state index is 0. The fourth-order valence-corrected chi connectivity index (χ4v) is 5.28. The van der Waals surface area contributed by atoms with E-state index < -0.39 is 0 Å². The second kappa shape index (κ2) is 12.0. The Balaban J connectivity index is 0.00000280. The van der Waals surface area contributed by atoms with E-state index in [1.165, 1.54) is 25.7 Å². The molecule has 1 aliphatic carbocycles. The van der Waals surface area contributed by atoms with Crippen LogP contribution >= 0.6 is 12.4 Å². The van der Waals surface area contributed by atoms with Gasteiger partial charge in [-0.25, -0.2) is 9.97 Å². The highest BCUT2D eigenvalue weighted by molar-refractivity contribution is 6.23. The third-order valence-electron chi connectivity index (χ3n) is 7.20. The normalized spacial score (nSPS) is 18.4. The van der Waals surface area contributed by atoms with Gasteiger partial charge >= 0.3 is 0 Å². The van der Waals surface area contributed by atoms with Gasteiger partial charge in [0.15, 0.2) is 0 Å². The molecule has 0 spiro atoms. The molecule has 0 bridgehead atoms. The maximum atomic E-state index is 5.78. The first-order valence-corrected chi connectivity index (χ1v) is 13.1. The highest BCUT2D eigenvalue weighted by atomic mass is 35.5. The number of nitrogens with zero attached hydrogens (tertiary/aromatic N) is 6. The number of halogens is 1. The Kier molecular flexibility index (Phi) is 8.28. The van der Waals surface area contributed by atoms with Gasteiger partial charge in [0.1, 0.15) is 24.6 Å². The molecule has 8 nitrogen and oxygen atoms in total. The van der Waals surface area contributed by atoms with Crippen LogP contribution in [0.1, 0.15) is 42.5 Å². The van der Waals surface area contributed by atoms with E-state index in [1.807, 2.05) is 30.3 Å². The number of rotatable bonds is 9. The molecule has 0 atom stereocenters. The summed E-state index contributed by atoms with van der Waals surface area (Å²) in [6.45, 7) is 7.60. The molecule has 0 unspecified atom stereocenters. The fourth-order valence-electron chi connectivity index (χ4n) is 5.28. The second-order valence-electron chi connectivity index (χ2n) is 9.62. The molecule has 3 aromatic rings. The molecule has 9 heteroatoms. The zero-order valence-corrected chi connectivity index (χ0v) is 21.8. The molecule has 2 aliphatic heterocycles. The molecule has 1 aromatic heterocycles. The molecule has 2 aromatic carbocycles. The summed E-state index contributed by atoms with van der Waals surface area (Å²) in [6.07, 6.45) is 6.85. The summed E-state index contributed by atoms with van der Waals surface area (Å²) in [5.41, 5.74) is 6.86. The van der Waals surface area contributed by atoms with E-state index in [4.69, 9.17) is 19.6 Å². The van der Waals surface area contributed by atoms with E-state index in [2.05, 4.69) is 32.2 Å². The standard InChI is InChI=1S/C28H32N6O2.ClH/c1-2-10-23-22(9-1)26-28(27(23)32-36-19-17-34-14-5-6-15-34)30-24-11-7-8-21(25(24)31-26)20-29-35-18-16-33-12-3-4-13-33;/h1-2,7-11,20H,3-6,12-19H2;1H/b29-20+,32-27+;. The summed E-state index contributed by atoms with van der Waals surface area (Å²) >= 11 is 0. The van der Waals surface area contributed by atoms with Crippen LogP contribution in [0.25, 0.3) is 22.3 Å². The molecule has 6 rings (SSSR count). The molecule has 0 saturated carbocycles. The van der Waals surface area contributed by atoms with E-state index in [1.54, 1.807) is 6.21 Å². The Morgan fingerprint density at radius 1 is 0.757 bits per heavy atom. The fraction of sp³-hybridized carbons (Fsp3) is 0.429. The van der Waals surface area contributed by atoms with Crippen molar-refractivity contribution in [3.8, 4) is 11.3 Å². The van der Waals surface area contributed by atoms with Crippen LogP contribution in [0, 0.1) is 0 Å². The maximum Gasteiger partial charge on any atom is 0.138 e. The van der Waals surface area contributed by atoms with Crippen molar-refractivity contribution >= 4 is 35.4 Å². The van der Waals surface area contributed by atoms with Crippen molar-refractivity contribution in [2.24, 2.45) is 10.3 Å². The van der Waals surface area contributed by atoms with Gasteiger partial charge in [0.05, 0.1) is 22.9 Å². The molecular formula is C28H33ClN6O2. The highest BCUT2D eigenvalue weighted by Gasteiger charge is 2.29. The van der Waals surface area contributed by atoms with Gasteiger partial charge < -0.3 is 9.68 Å². The minimum Gasteiger partial charge on any atom is -0.394 e. The van der Waals surface area contributed by atoms with Gasteiger partial charge in [0.2, 0.25) is 0 Å². The van der Waals surface area contributed by atoms with Crippen LogP contribution in [0.2, 0.25) is 0 Å². The smallest absolute Gasteiger partial charge is 0.138 e. The molecular weight excluding hydrogens is 488 g/mol. The van der Waals surface area contributed by atoms with Crippen LogP contribution in [0.3, 0.4) is 0 Å². The summed E-state index contributed by atoms with van der Waals surface area (Å²) in [7, 11) is 0. The van der Waals surface area contributed by atoms with E-state index in [9.17, 15) is 0 Å². The SMILES string of the molecule is C(=N\OCCN1CCCC1)/c1cccc2nc3c(nc12)-c1ccccc1/C3=N\OCCN1CCCC1.Cl. The first kappa shape index (κ1) is 25.6. The third-order valence-corrected chi connectivity index (χ3v) is 7.20. The summed E-state index contributed by atoms with van der Waals surface area (Å²) in [5.74, 6) is 0. The van der Waals surface area contributed by atoms with E-state index in [-0.39, 0.29) is 12.4 Å². The number of para-hydroxylation sites is 1. The van der Waals surface area contributed by atoms with Crippen LogP contribution in [-0.4, -0.2) is 84.2 Å². The van der Waals surface area contributed by atoms with E-state index >= 15 is 0 Å². The van der Waals surface area contributed by atoms with Crippen LogP contribution in [-0.2, 0) is 9.68 Å². The molecule has 2 saturated heterocycles. The Bertz CT molecular complexity index is 1280. The lowest BCUT2D eigenvalue weighted by atomic mass is 10.1. The highest BCUT2D eigenvalue weighted by Crippen LogP contribution is 2.36. The lowest BCUT2D eigenvalue weighted by Gasteiger charge is -2.13. The molecule has 0 amide bonds. The predicted molar refractivity (Wildman–Crippen MR) is 149 cm³/mol. The predicted octanol–water partition coefficient (Wildman–Crippen LogP) is 4.34. The average molecular weight is 521 g/mol. The van der Waals surface area contributed by atoms with Crippen molar-refractivity contribution in [3.63, 3.8) is 0 Å². The van der Waals surface area contributed by atoms with Gasteiger partial charge in [-0.2, -0.15) is 0 Å². The number of likely N-dealkylation sites (tertiary alicyclic amines) is 2. The molecule has 0 radical (unpaired) electrons. The second-order valence-corrected chi connectivity index (χ2v) is 9.62. The Hall–Kier alpha value is -3.07. The van der Waals surface area contributed by atoms with Crippen molar-refractivity contribution < 1.29 is 9.68 Å². The van der Waals surface area contributed by atoms with Crippen LogP contribution in [0.4, 0.5) is 0 Å². The molecule has 0 N–H and O–H groups in total. The topological polar surface area (TPSA) is 75.4 Å². The van der Waals surface area contributed by atoms with Gasteiger partial charge in [-0.1, -0.05) is 46.7 Å². The summed E-state index contributed by atoms with van der Waals surface area (Å²) in [6, 6.07) is 14.1.